The first-order chi connectivity index (χ1) is 13.6. The number of unbranched alkanes of at least 4 members (excludes halogenated alkanes) is 2. The molecule has 8 nitrogen and oxygen atoms in total. The van der Waals surface area contributed by atoms with Crippen molar-refractivity contribution >= 4 is 29.8 Å². The maximum atomic E-state index is 13.0. The van der Waals surface area contributed by atoms with E-state index >= 15 is 0 Å². The average molecular weight is 388 g/mol. The van der Waals surface area contributed by atoms with E-state index in [-0.39, 0.29) is 12.0 Å². The molecule has 3 N–H and O–H groups in total. The maximum absolute atomic E-state index is 13.0. The Labute approximate surface area is 165 Å². The van der Waals surface area contributed by atoms with E-state index in [9.17, 15) is 19.2 Å². The van der Waals surface area contributed by atoms with Gasteiger partial charge in [-0.15, -0.1) is 0 Å². The van der Waals surface area contributed by atoms with Crippen LogP contribution in [-0.2, 0) is 9.59 Å². The number of nitrogens with zero attached hydrogens (tertiary/aromatic N) is 1. The summed E-state index contributed by atoms with van der Waals surface area (Å²) < 4.78 is 0. The predicted molar refractivity (Wildman–Crippen MR) is 106 cm³/mol. The lowest BCUT2D eigenvalue weighted by atomic mass is 10.1. The minimum absolute atomic E-state index is 0.268. The molecule has 152 valence electrons. The summed E-state index contributed by atoms with van der Waals surface area (Å²) >= 11 is 0. The van der Waals surface area contributed by atoms with Crippen molar-refractivity contribution in [1.82, 2.24) is 15.5 Å². The van der Waals surface area contributed by atoms with Gasteiger partial charge in [-0.05, 0) is 45.0 Å². The van der Waals surface area contributed by atoms with Crippen LogP contribution in [0.3, 0.4) is 0 Å². The number of amides is 4. The first-order valence-corrected chi connectivity index (χ1v) is 9.70. The number of carbonyl (C=O) groups excluding carboxylic acids is 4. The Morgan fingerprint density at radius 3 is 2.57 bits per heavy atom. The van der Waals surface area contributed by atoms with Gasteiger partial charge in [0.05, 0.1) is 11.1 Å². The van der Waals surface area contributed by atoms with Crippen molar-refractivity contribution in [3.8, 4) is 0 Å². The van der Waals surface area contributed by atoms with Gasteiger partial charge in [0.15, 0.2) is 0 Å². The van der Waals surface area contributed by atoms with Crippen LogP contribution in [0.2, 0.25) is 0 Å². The lowest BCUT2D eigenvalue weighted by molar-refractivity contribution is -0.128. The van der Waals surface area contributed by atoms with E-state index in [1.807, 2.05) is 14.0 Å². The standard InChI is InChI=1S/C20H28N4O4/c1-3-8-16(18(26)23-13-25)24-19(27)14-9-7-10-15(17(14)20(24)28)22-12-6-4-5-11-21-2/h7,9-10,13,16,21-22H,3-6,8,11-12H2,1-2H3,(H,23,25,26). The first kappa shape index (κ1) is 21.6. The zero-order valence-corrected chi connectivity index (χ0v) is 16.4. The van der Waals surface area contributed by atoms with Gasteiger partial charge < -0.3 is 10.6 Å². The molecular formula is C20H28N4O4. The Morgan fingerprint density at radius 2 is 1.89 bits per heavy atom. The zero-order valence-electron chi connectivity index (χ0n) is 16.4. The number of nitrogens with one attached hydrogen (secondary N) is 3. The van der Waals surface area contributed by atoms with Crippen molar-refractivity contribution in [2.75, 3.05) is 25.5 Å². The van der Waals surface area contributed by atoms with Gasteiger partial charge in [-0.1, -0.05) is 25.8 Å². The van der Waals surface area contributed by atoms with Crippen LogP contribution in [0, 0.1) is 0 Å². The Kier molecular flexibility index (Phi) is 8.13. The van der Waals surface area contributed by atoms with E-state index in [0.717, 1.165) is 30.7 Å². The van der Waals surface area contributed by atoms with Crippen molar-refractivity contribution in [3.05, 3.63) is 29.3 Å². The summed E-state index contributed by atoms with van der Waals surface area (Å²) in [7, 11) is 1.92. The molecule has 0 aliphatic carbocycles. The van der Waals surface area contributed by atoms with Crippen LogP contribution in [0.5, 0.6) is 0 Å². The molecule has 1 aromatic rings. The number of hydrogen-bond acceptors (Lipinski definition) is 6. The van der Waals surface area contributed by atoms with Gasteiger partial charge in [0, 0.05) is 12.2 Å². The van der Waals surface area contributed by atoms with Crippen LogP contribution < -0.4 is 16.0 Å². The molecule has 28 heavy (non-hydrogen) atoms. The molecule has 1 aromatic carbocycles. The summed E-state index contributed by atoms with van der Waals surface area (Å²) in [6.07, 6.45) is 4.20. The number of rotatable bonds is 12. The molecule has 2 rings (SSSR count). The molecule has 0 radical (unpaired) electrons. The highest BCUT2D eigenvalue weighted by molar-refractivity contribution is 6.25. The van der Waals surface area contributed by atoms with Gasteiger partial charge in [-0.25, -0.2) is 0 Å². The van der Waals surface area contributed by atoms with Crippen molar-refractivity contribution in [1.29, 1.82) is 0 Å². The fourth-order valence-corrected chi connectivity index (χ4v) is 3.37. The molecule has 1 aliphatic heterocycles. The van der Waals surface area contributed by atoms with E-state index < -0.39 is 23.8 Å². The fraction of sp³-hybridized carbons (Fsp3) is 0.500. The van der Waals surface area contributed by atoms with Crippen LogP contribution >= 0.6 is 0 Å². The molecule has 0 fully saturated rings. The van der Waals surface area contributed by atoms with Gasteiger partial charge in [0.1, 0.15) is 6.04 Å². The molecule has 0 bridgehead atoms. The van der Waals surface area contributed by atoms with Gasteiger partial charge >= 0.3 is 0 Å². The number of carbonyl (C=O) groups is 4. The van der Waals surface area contributed by atoms with Crippen LogP contribution in [0.1, 0.15) is 59.7 Å². The third kappa shape index (κ3) is 4.75. The molecule has 1 atom stereocenters. The molecular weight excluding hydrogens is 360 g/mol. The van der Waals surface area contributed by atoms with E-state index in [1.54, 1.807) is 18.2 Å². The van der Waals surface area contributed by atoms with Crippen LogP contribution in [0.15, 0.2) is 18.2 Å². The third-order valence-corrected chi connectivity index (χ3v) is 4.74. The maximum Gasteiger partial charge on any atom is 0.264 e. The van der Waals surface area contributed by atoms with Crippen molar-refractivity contribution in [2.24, 2.45) is 0 Å². The molecule has 0 saturated carbocycles. The van der Waals surface area contributed by atoms with E-state index in [0.29, 0.717) is 30.6 Å². The summed E-state index contributed by atoms with van der Waals surface area (Å²) in [6, 6.07) is 4.07. The molecule has 1 heterocycles. The highest BCUT2D eigenvalue weighted by atomic mass is 16.2. The summed E-state index contributed by atoms with van der Waals surface area (Å²) in [4.78, 5) is 49.7. The average Bonchev–Trinajstić information content (AvgIpc) is 2.94. The molecule has 4 amide bonds. The second kappa shape index (κ2) is 10.6. The summed E-state index contributed by atoms with van der Waals surface area (Å²) in [6.45, 7) is 3.50. The van der Waals surface area contributed by atoms with E-state index in [1.165, 1.54) is 0 Å². The van der Waals surface area contributed by atoms with Gasteiger partial charge in [0.2, 0.25) is 12.3 Å². The SMILES string of the molecule is CCCC(C(=O)NC=O)N1C(=O)c2cccc(NCCCCCNC)c2C1=O. The normalized spacial score (nSPS) is 14.0. The Bertz CT molecular complexity index is 735. The number of imide groups is 2. The smallest absolute Gasteiger partial charge is 0.264 e. The highest BCUT2D eigenvalue weighted by Crippen LogP contribution is 2.31. The van der Waals surface area contributed by atoms with Gasteiger partial charge in [-0.2, -0.15) is 0 Å². The quantitative estimate of drug-likeness (QED) is 0.285. The molecule has 1 unspecified atom stereocenters. The molecule has 1 aliphatic rings. The molecule has 0 spiro atoms. The Balaban J connectivity index is 2.17. The Hall–Kier alpha value is -2.74. The highest BCUT2D eigenvalue weighted by Gasteiger charge is 2.43. The zero-order chi connectivity index (χ0) is 20.5. The topological polar surface area (TPSA) is 108 Å². The van der Waals surface area contributed by atoms with E-state index in [4.69, 9.17) is 0 Å². The molecule has 0 aromatic heterocycles. The lowest BCUT2D eigenvalue weighted by Crippen LogP contribution is -2.49. The van der Waals surface area contributed by atoms with Gasteiger partial charge in [-0.3, -0.25) is 29.4 Å². The van der Waals surface area contributed by atoms with E-state index in [2.05, 4.69) is 16.0 Å². The summed E-state index contributed by atoms with van der Waals surface area (Å²) in [5.74, 6) is -1.65. The minimum Gasteiger partial charge on any atom is -0.384 e. The minimum atomic E-state index is -1.00. The monoisotopic (exact) mass is 388 g/mol. The third-order valence-electron chi connectivity index (χ3n) is 4.74. The molecule has 8 heteroatoms. The van der Waals surface area contributed by atoms with Crippen LogP contribution in [0.25, 0.3) is 0 Å². The first-order valence-electron chi connectivity index (χ1n) is 9.70. The van der Waals surface area contributed by atoms with Crippen molar-refractivity contribution in [2.45, 2.75) is 45.1 Å². The van der Waals surface area contributed by atoms with Gasteiger partial charge in [0.25, 0.3) is 11.8 Å². The largest absolute Gasteiger partial charge is 0.384 e. The van der Waals surface area contributed by atoms with Crippen molar-refractivity contribution in [3.63, 3.8) is 0 Å². The number of benzene rings is 1. The van der Waals surface area contributed by atoms with Crippen molar-refractivity contribution < 1.29 is 19.2 Å². The van der Waals surface area contributed by atoms with Crippen LogP contribution in [-0.4, -0.2) is 55.2 Å². The Morgan fingerprint density at radius 1 is 1.14 bits per heavy atom. The summed E-state index contributed by atoms with van der Waals surface area (Å²) in [5.41, 5.74) is 1.17. The number of hydrogen-bond donors (Lipinski definition) is 3. The van der Waals surface area contributed by atoms with Crippen LogP contribution in [0.4, 0.5) is 5.69 Å². The number of fused-ring (bicyclic) bond motifs is 1. The second-order valence-electron chi connectivity index (χ2n) is 6.73. The summed E-state index contributed by atoms with van der Waals surface area (Å²) in [5, 5.41) is 8.41. The lowest BCUT2D eigenvalue weighted by Gasteiger charge is -2.24. The second-order valence-corrected chi connectivity index (χ2v) is 6.73. The predicted octanol–water partition coefficient (Wildman–Crippen LogP) is 1.53. The number of anilines is 1. The molecule has 0 saturated heterocycles. The fourth-order valence-electron chi connectivity index (χ4n) is 3.37.